The molecule has 2 aromatic carbocycles. The second kappa shape index (κ2) is 7.76. The molecule has 2 aromatic heterocycles. The monoisotopic (exact) mass is 444 g/mol. The molecule has 0 radical (unpaired) electrons. The highest BCUT2D eigenvalue weighted by Gasteiger charge is 2.49. The molecular formula is C25H20N2O4S. The summed E-state index contributed by atoms with van der Waals surface area (Å²) in [5.41, 5.74) is 2.36. The molecule has 1 amide bonds. The quantitative estimate of drug-likeness (QED) is 0.259. The maximum atomic E-state index is 13.2. The zero-order valence-electron chi connectivity index (χ0n) is 17.5. The number of Topliss-reactive ketones (excluding diaryl/α,β-unsaturated/α-hetero) is 1. The highest BCUT2D eigenvalue weighted by molar-refractivity contribution is 7.22. The summed E-state index contributed by atoms with van der Waals surface area (Å²) in [5.74, 6) is -0.704. The Balaban J connectivity index is 1.71. The van der Waals surface area contributed by atoms with Gasteiger partial charge in [0.2, 0.25) is 0 Å². The lowest BCUT2D eigenvalue weighted by atomic mass is 9.99. The number of furan rings is 1. The number of hydrogen-bond acceptors (Lipinski definition) is 6. The molecule has 1 fully saturated rings. The van der Waals surface area contributed by atoms with Gasteiger partial charge in [-0.3, -0.25) is 14.5 Å². The fraction of sp³-hybridized carbons (Fsp3) is 0.160. The molecule has 6 nitrogen and oxygen atoms in total. The number of aromatic nitrogens is 1. The maximum Gasteiger partial charge on any atom is 0.302 e. The zero-order chi connectivity index (χ0) is 22.4. The molecule has 1 aliphatic rings. The fourth-order valence-corrected chi connectivity index (χ4v) is 4.99. The molecule has 0 bridgehead atoms. The minimum Gasteiger partial charge on any atom is -0.507 e. The number of aryl methyl sites for hydroxylation is 2. The van der Waals surface area contributed by atoms with Crippen molar-refractivity contribution in [3.63, 3.8) is 0 Å². The van der Waals surface area contributed by atoms with Crippen molar-refractivity contribution in [1.29, 1.82) is 0 Å². The topological polar surface area (TPSA) is 83.6 Å². The van der Waals surface area contributed by atoms with E-state index < -0.39 is 17.7 Å². The van der Waals surface area contributed by atoms with Crippen molar-refractivity contribution >= 4 is 44.1 Å². The average Bonchev–Trinajstić information content (AvgIpc) is 3.49. The van der Waals surface area contributed by atoms with Crippen molar-refractivity contribution in [2.24, 2.45) is 0 Å². The highest BCUT2D eigenvalue weighted by Crippen LogP contribution is 2.44. The molecule has 0 saturated carbocycles. The van der Waals surface area contributed by atoms with E-state index in [1.54, 1.807) is 43.3 Å². The van der Waals surface area contributed by atoms with E-state index in [1.807, 2.05) is 24.3 Å². The zero-order valence-corrected chi connectivity index (χ0v) is 18.3. The molecule has 1 saturated heterocycles. The van der Waals surface area contributed by atoms with Crippen LogP contribution in [0.25, 0.3) is 16.0 Å². The molecule has 1 atom stereocenters. The number of ketones is 1. The lowest BCUT2D eigenvalue weighted by Gasteiger charge is -2.20. The Morgan fingerprint density at radius 3 is 2.59 bits per heavy atom. The Labute approximate surface area is 188 Å². The van der Waals surface area contributed by atoms with Crippen molar-refractivity contribution in [3.05, 3.63) is 88.9 Å². The lowest BCUT2D eigenvalue weighted by Crippen LogP contribution is -2.29. The minimum atomic E-state index is -0.907. The SMILES string of the molecule is CCc1ccc2nc(N3C(=O)C(=O)C(=C(O)c4ccccc4)[C@@H]3c3ccc(C)o3)sc2c1. The van der Waals surface area contributed by atoms with Gasteiger partial charge in [-0.2, -0.15) is 0 Å². The van der Waals surface area contributed by atoms with Gasteiger partial charge in [-0.1, -0.05) is 54.7 Å². The summed E-state index contributed by atoms with van der Waals surface area (Å²) in [5, 5.41) is 11.4. The van der Waals surface area contributed by atoms with E-state index >= 15 is 0 Å². The number of carbonyl (C=O) groups excluding carboxylic acids is 2. The van der Waals surface area contributed by atoms with Crippen LogP contribution in [0.2, 0.25) is 0 Å². The highest BCUT2D eigenvalue weighted by atomic mass is 32.1. The molecule has 0 unspecified atom stereocenters. The second-order valence-electron chi connectivity index (χ2n) is 7.64. The van der Waals surface area contributed by atoms with E-state index in [1.165, 1.54) is 16.2 Å². The van der Waals surface area contributed by atoms with Gasteiger partial charge in [-0.15, -0.1) is 0 Å². The van der Waals surface area contributed by atoms with Crippen molar-refractivity contribution in [1.82, 2.24) is 4.98 Å². The second-order valence-corrected chi connectivity index (χ2v) is 8.64. The van der Waals surface area contributed by atoms with Crippen LogP contribution in [0.15, 0.2) is 70.7 Å². The number of amides is 1. The summed E-state index contributed by atoms with van der Waals surface area (Å²) in [6.07, 6.45) is 0.885. The van der Waals surface area contributed by atoms with Crippen LogP contribution >= 0.6 is 11.3 Å². The number of thiazole rings is 1. The van der Waals surface area contributed by atoms with E-state index in [2.05, 4.69) is 11.9 Å². The Morgan fingerprint density at radius 2 is 1.91 bits per heavy atom. The first-order chi connectivity index (χ1) is 15.5. The number of aliphatic hydroxyl groups is 1. The van der Waals surface area contributed by atoms with E-state index in [-0.39, 0.29) is 11.3 Å². The molecule has 0 spiro atoms. The van der Waals surface area contributed by atoms with Crippen molar-refractivity contribution in [2.45, 2.75) is 26.3 Å². The van der Waals surface area contributed by atoms with Crippen LogP contribution in [0.5, 0.6) is 0 Å². The first kappa shape index (κ1) is 20.2. The van der Waals surface area contributed by atoms with Crippen molar-refractivity contribution in [2.75, 3.05) is 4.90 Å². The number of anilines is 1. The molecule has 1 N–H and O–H groups in total. The first-order valence-corrected chi connectivity index (χ1v) is 11.1. The smallest absolute Gasteiger partial charge is 0.302 e. The van der Waals surface area contributed by atoms with Gasteiger partial charge in [0, 0.05) is 5.56 Å². The predicted octanol–water partition coefficient (Wildman–Crippen LogP) is 5.39. The Bertz CT molecular complexity index is 1380. The van der Waals surface area contributed by atoms with Crippen LogP contribution in [0.4, 0.5) is 5.13 Å². The Morgan fingerprint density at radius 1 is 1.12 bits per heavy atom. The van der Waals surface area contributed by atoms with Crippen LogP contribution in [-0.2, 0) is 16.0 Å². The third kappa shape index (κ3) is 3.22. The molecule has 5 rings (SSSR count). The van der Waals surface area contributed by atoms with Gasteiger partial charge >= 0.3 is 5.91 Å². The maximum absolute atomic E-state index is 13.2. The Kier molecular flexibility index (Phi) is 4.90. The predicted molar refractivity (Wildman–Crippen MR) is 124 cm³/mol. The number of carbonyl (C=O) groups is 2. The van der Waals surface area contributed by atoms with Gasteiger partial charge in [-0.05, 0) is 43.2 Å². The van der Waals surface area contributed by atoms with Gasteiger partial charge in [0.25, 0.3) is 5.78 Å². The van der Waals surface area contributed by atoms with Gasteiger partial charge < -0.3 is 9.52 Å². The molecule has 0 aliphatic carbocycles. The van der Waals surface area contributed by atoms with Crippen LogP contribution in [0.1, 0.15) is 35.6 Å². The average molecular weight is 445 g/mol. The van der Waals surface area contributed by atoms with E-state index in [4.69, 9.17) is 4.42 Å². The largest absolute Gasteiger partial charge is 0.507 e. The number of hydrogen-bond donors (Lipinski definition) is 1. The molecule has 1 aliphatic heterocycles. The van der Waals surface area contributed by atoms with Gasteiger partial charge in [0.05, 0.1) is 15.8 Å². The first-order valence-electron chi connectivity index (χ1n) is 10.3. The number of fused-ring (bicyclic) bond motifs is 1. The number of nitrogens with zero attached hydrogens (tertiary/aromatic N) is 2. The van der Waals surface area contributed by atoms with E-state index in [9.17, 15) is 14.7 Å². The van der Waals surface area contributed by atoms with Gasteiger partial charge in [0.1, 0.15) is 23.3 Å². The van der Waals surface area contributed by atoms with Crippen molar-refractivity contribution < 1.29 is 19.1 Å². The third-order valence-electron chi connectivity index (χ3n) is 5.58. The molecule has 32 heavy (non-hydrogen) atoms. The van der Waals surface area contributed by atoms with Gasteiger partial charge in [0.15, 0.2) is 5.13 Å². The third-order valence-corrected chi connectivity index (χ3v) is 6.60. The molecule has 3 heterocycles. The number of rotatable bonds is 4. The molecule has 7 heteroatoms. The van der Waals surface area contributed by atoms with Crippen molar-refractivity contribution in [3.8, 4) is 0 Å². The molecule has 4 aromatic rings. The molecular weight excluding hydrogens is 424 g/mol. The Hall–Kier alpha value is -3.71. The minimum absolute atomic E-state index is 0.0101. The summed E-state index contributed by atoms with van der Waals surface area (Å²) < 4.78 is 6.76. The summed E-state index contributed by atoms with van der Waals surface area (Å²) in [6.45, 7) is 3.86. The van der Waals surface area contributed by atoms with Crippen LogP contribution in [0.3, 0.4) is 0 Å². The summed E-state index contributed by atoms with van der Waals surface area (Å²) in [7, 11) is 0. The van der Waals surface area contributed by atoms with Crippen LogP contribution < -0.4 is 4.90 Å². The normalized spacial score (nSPS) is 18.1. The molecule has 160 valence electrons. The number of benzene rings is 2. The summed E-state index contributed by atoms with van der Waals surface area (Å²) in [6, 6.07) is 17.3. The standard InChI is InChI=1S/C25H20N2O4S/c1-3-15-10-11-17-19(13-15)32-25(26-17)27-21(18-12-9-14(2)31-18)20(23(29)24(27)30)22(28)16-7-5-4-6-8-16/h4-13,21,28H,3H2,1-2H3/t21-/m0/s1. The van der Waals surface area contributed by atoms with Crippen LogP contribution in [0, 0.1) is 6.92 Å². The van der Waals surface area contributed by atoms with Gasteiger partial charge in [-0.25, -0.2) is 4.98 Å². The summed E-state index contributed by atoms with van der Waals surface area (Å²) >= 11 is 1.34. The van der Waals surface area contributed by atoms with E-state index in [0.717, 1.165) is 22.2 Å². The summed E-state index contributed by atoms with van der Waals surface area (Å²) in [4.78, 5) is 32.3. The van der Waals surface area contributed by atoms with Crippen LogP contribution in [-0.4, -0.2) is 21.8 Å². The lowest BCUT2D eigenvalue weighted by molar-refractivity contribution is -0.132. The fourth-order valence-electron chi connectivity index (χ4n) is 3.93. The number of aliphatic hydroxyl groups excluding tert-OH is 1. The van der Waals surface area contributed by atoms with E-state index in [0.29, 0.717) is 22.2 Å².